The molecule has 0 saturated carbocycles. The van der Waals surface area contributed by atoms with Crippen LogP contribution >= 0.6 is 0 Å². The first-order chi connectivity index (χ1) is 14.2. The van der Waals surface area contributed by atoms with Gasteiger partial charge in [-0.3, -0.25) is 14.4 Å². The molecule has 1 aliphatic rings. The molecule has 0 N–H and O–H groups in total. The Balaban J connectivity index is 1.30. The van der Waals surface area contributed by atoms with Crippen molar-refractivity contribution >= 4 is 11.1 Å². The monoisotopic (exact) mass is 397 g/mol. The fourth-order valence-electron chi connectivity index (χ4n) is 3.88. The van der Waals surface area contributed by atoms with Crippen molar-refractivity contribution in [2.45, 2.75) is 13.1 Å². The second-order valence-electron chi connectivity index (χ2n) is 7.29. The van der Waals surface area contributed by atoms with Crippen LogP contribution in [0.15, 0.2) is 51.7 Å². The fourth-order valence-corrected chi connectivity index (χ4v) is 3.88. The van der Waals surface area contributed by atoms with Crippen LogP contribution in [0, 0.1) is 0 Å². The van der Waals surface area contributed by atoms with Crippen molar-refractivity contribution in [2.75, 3.05) is 46.9 Å². The average Bonchev–Trinajstić information content (AvgIpc) is 3.08. The number of hydrogen-bond donors (Lipinski definition) is 0. The highest BCUT2D eigenvalue weighted by Gasteiger charge is 2.18. The topological polar surface area (TPSA) is 60.1 Å². The summed E-state index contributed by atoms with van der Waals surface area (Å²) in [6.45, 7) is 6.33. The van der Waals surface area contributed by atoms with Crippen molar-refractivity contribution in [2.24, 2.45) is 0 Å². The van der Waals surface area contributed by atoms with Crippen LogP contribution in [-0.4, -0.2) is 61.3 Å². The summed E-state index contributed by atoms with van der Waals surface area (Å²) in [6, 6.07) is 13.7. The van der Waals surface area contributed by atoms with Crippen LogP contribution in [0.4, 0.5) is 0 Å². The Morgan fingerprint density at radius 3 is 2.38 bits per heavy atom. The number of fused-ring (bicyclic) bond motifs is 1. The van der Waals surface area contributed by atoms with Crippen molar-refractivity contribution in [3.63, 3.8) is 0 Å². The maximum atomic E-state index is 12.1. The minimum atomic E-state index is -0.279. The molecule has 1 aromatic heterocycles. The van der Waals surface area contributed by atoms with Crippen molar-refractivity contribution in [3.8, 4) is 11.5 Å². The number of nitrogens with zero attached hydrogens (tertiary/aromatic N) is 3. The number of para-hydroxylation sites is 2. The Labute approximate surface area is 170 Å². The van der Waals surface area contributed by atoms with Crippen LogP contribution in [0.3, 0.4) is 0 Å². The summed E-state index contributed by atoms with van der Waals surface area (Å²) in [6.07, 6.45) is 0. The van der Waals surface area contributed by atoms with Crippen molar-refractivity contribution < 1.29 is 13.9 Å². The minimum absolute atomic E-state index is 0.279. The van der Waals surface area contributed by atoms with Gasteiger partial charge in [-0.2, -0.15) is 0 Å². The summed E-state index contributed by atoms with van der Waals surface area (Å²) in [5.74, 6) is 1.24. The molecule has 2 heterocycles. The highest BCUT2D eigenvalue weighted by Crippen LogP contribution is 2.28. The minimum Gasteiger partial charge on any atom is -0.493 e. The quantitative estimate of drug-likeness (QED) is 0.610. The molecule has 154 valence electrons. The molecular formula is C22H27N3O4. The highest BCUT2D eigenvalue weighted by atomic mass is 16.5. The van der Waals surface area contributed by atoms with E-state index in [2.05, 4.69) is 15.9 Å². The van der Waals surface area contributed by atoms with Gasteiger partial charge < -0.3 is 13.9 Å². The van der Waals surface area contributed by atoms with E-state index in [1.807, 2.05) is 36.4 Å². The lowest BCUT2D eigenvalue weighted by Gasteiger charge is -2.34. The molecule has 0 bridgehead atoms. The molecule has 4 rings (SSSR count). The smallest absolute Gasteiger partial charge is 0.419 e. The zero-order valence-electron chi connectivity index (χ0n) is 17.0. The van der Waals surface area contributed by atoms with Gasteiger partial charge in [-0.15, -0.1) is 0 Å². The van der Waals surface area contributed by atoms with Gasteiger partial charge in [0.1, 0.15) is 0 Å². The van der Waals surface area contributed by atoms with Gasteiger partial charge in [-0.05, 0) is 29.8 Å². The van der Waals surface area contributed by atoms with E-state index in [1.54, 1.807) is 18.8 Å². The largest absolute Gasteiger partial charge is 0.493 e. The number of ether oxygens (including phenoxy) is 2. The molecule has 0 amide bonds. The Morgan fingerprint density at radius 1 is 0.897 bits per heavy atom. The van der Waals surface area contributed by atoms with E-state index in [0.29, 0.717) is 12.1 Å². The molecule has 1 aliphatic heterocycles. The van der Waals surface area contributed by atoms with Gasteiger partial charge in [-0.1, -0.05) is 18.2 Å². The summed E-state index contributed by atoms with van der Waals surface area (Å²) in [4.78, 5) is 17.0. The van der Waals surface area contributed by atoms with E-state index < -0.39 is 0 Å². The van der Waals surface area contributed by atoms with Gasteiger partial charge >= 0.3 is 5.76 Å². The van der Waals surface area contributed by atoms with Gasteiger partial charge in [-0.25, -0.2) is 4.79 Å². The van der Waals surface area contributed by atoms with E-state index >= 15 is 0 Å². The lowest BCUT2D eigenvalue weighted by atomic mass is 10.1. The summed E-state index contributed by atoms with van der Waals surface area (Å²) in [5.41, 5.74) is 2.73. The molecule has 3 aromatic rings. The Bertz CT molecular complexity index is 1020. The lowest BCUT2D eigenvalue weighted by Crippen LogP contribution is -2.47. The number of methoxy groups -OCH3 is 2. The predicted octanol–water partition coefficient (Wildman–Crippen LogP) is 2.43. The van der Waals surface area contributed by atoms with Crippen molar-refractivity contribution in [1.82, 2.24) is 14.4 Å². The SMILES string of the molecule is COc1ccc(CN2CCN(CCn3c(=O)oc4ccccc43)CC2)cc1OC. The Morgan fingerprint density at radius 2 is 1.62 bits per heavy atom. The van der Waals surface area contributed by atoms with E-state index in [9.17, 15) is 4.79 Å². The standard InChI is InChI=1S/C22H27N3O4/c1-27-20-8-7-17(15-21(20)28-2)16-24-11-9-23(10-12-24)13-14-25-18-5-3-4-6-19(18)29-22(25)26/h3-8,15H,9-14,16H2,1-2H3. The van der Waals surface area contributed by atoms with E-state index in [0.717, 1.165) is 56.3 Å². The van der Waals surface area contributed by atoms with Crippen molar-refractivity contribution in [1.29, 1.82) is 0 Å². The predicted molar refractivity (Wildman–Crippen MR) is 112 cm³/mol. The molecule has 29 heavy (non-hydrogen) atoms. The van der Waals surface area contributed by atoms with Gasteiger partial charge in [0.05, 0.1) is 19.7 Å². The lowest BCUT2D eigenvalue weighted by molar-refractivity contribution is 0.123. The average molecular weight is 397 g/mol. The molecule has 0 spiro atoms. The third-order valence-electron chi connectivity index (χ3n) is 5.53. The first-order valence-corrected chi connectivity index (χ1v) is 9.92. The Kier molecular flexibility index (Phi) is 5.87. The maximum Gasteiger partial charge on any atom is 0.419 e. The number of piperazine rings is 1. The third-order valence-corrected chi connectivity index (χ3v) is 5.53. The summed E-state index contributed by atoms with van der Waals surface area (Å²) < 4.78 is 17.8. The first kappa shape index (κ1) is 19.5. The molecular weight excluding hydrogens is 370 g/mol. The van der Waals surface area contributed by atoms with Gasteiger partial charge in [0.15, 0.2) is 17.1 Å². The summed E-state index contributed by atoms with van der Waals surface area (Å²) in [5, 5.41) is 0. The number of aromatic nitrogens is 1. The molecule has 0 aliphatic carbocycles. The second-order valence-corrected chi connectivity index (χ2v) is 7.29. The fraction of sp³-hybridized carbons (Fsp3) is 0.409. The maximum absolute atomic E-state index is 12.1. The zero-order valence-corrected chi connectivity index (χ0v) is 17.0. The number of rotatable bonds is 7. The van der Waals surface area contributed by atoms with Crippen LogP contribution in [0.2, 0.25) is 0 Å². The van der Waals surface area contributed by atoms with E-state index in [1.165, 1.54) is 5.56 Å². The van der Waals surface area contributed by atoms with E-state index in [4.69, 9.17) is 13.9 Å². The van der Waals surface area contributed by atoms with Crippen LogP contribution in [-0.2, 0) is 13.1 Å². The van der Waals surface area contributed by atoms with Crippen molar-refractivity contribution in [3.05, 3.63) is 58.6 Å². The van der Waals surface area contributed by atoms with Gasteiger partial charge in [0.25, 0.3) is 0 Å². The molecule has 1 saturated heterocycles. The number of benzene rings is 2. The first-order valence-electron chi connectivity index (χ1n) is 9.92. The highest BCUT2D eigenvalue weighted by molar-refractivity contribution is 5.72. The third kappa shape index (κ3) is 4.31. The number of hydrogen-bond acceptors (Lipinski definition) is 6. The molecule has 2 aromatic carbocycles. The van der Waals surface area contributed by atoms with E-state index in [-0.39, 0.29) is 5.76 Å². The van der Waals surface area contributed by atoms with Crippen LogP contribution in [0.1, 0.15) is 5.56 Å². The van der Waals surface area contributed by atoms with Crippen LogP contribution < -0.4 is 15.2 Å². The second kappa shape index (κ2) is 8.71. The van der Waals surface area contributed by atoms with Gasteiger partial charge in [0.2, 0.25) is 0 Å². The molecule has 7 heteroatoms. The van der Waals surface area contributed by atoms with Crippen LogP contribution in [0.25, 0.3) is 11.1 Å². The normalized spacial score (nSPS) is 15.7. The number of oxazole rings is 1. The van der Waals surface area contributed by atoms with Gasteiger partial charge in [0, 0.05) is 45.8 Å². The molecule has 1 fully saturated rings. The Hall–Kier alpha value is -2.77. The summed E-state index contributed by atoms with van der Waals surface area (Å²) in [7, 11) is 3.31. The molecule has 0 radical (unpaired) electrons. The molecule has 0 atom stereocenters. The zero-order chi connectivity index (χ0) is 20.2. The van der Waals surface area contributed by atoms with Crippen LogP contribution in [0.5, 0.6) is 11.5 Å². The molecule has 7 nitrogen and oxygen atoms in total. The molecule has 0 unspecified atom stereocenters. The summed E-state index contributed by atoms with van der Waals surface area (Å²) >= 11 is 0.